The van der Waals surface area contributed by atoms with Gasteiger partial charge in [-0.3, -0.25) is 0 Å². The minimum absolute atomic E-state index is 0.319. The summed E-state index contributed by atoms with van der Waals surface area (Å²) < 4.78 is 5.13. The van der Waals surface area contributed by atoms with E-state index in [1.54, 1.807) is 30.0 Å². The standard InChI is InChI=1S/C12H12N2O2S2/c1-2-10-13-12(18-14-10)17-7-8-4-3-5-9(6-8)11(15)16/h3-6H,2,7H2,1H3,(H,15,16). The molecule has 6 heteroatoms. The molecule has 0 fully saturated rings. The lowest BCUT2D eigenvalue weighted by molar-refractivity contribution is 0.0697. The van der Waals surface area contributed by atoms with Crippen LogP contribution >= 0.6 is 23.3 Å². The van der Waals surface area contributed by atoms with Crippen LogP contribution in [0.1, 0.15) is 28.7 Å². The monoisotopic (exact) mass is 280 g/mol. The van der Waals surface area contributed by atoms with Gasteiger partial charge in [-0.15, -0.1) is 0 Å². The Morgan fingerprint density at radius 2 is 2.33 bits per heavy atom. The molecule has 1 aromatic carbocycles. The second-order valence-electron chi connectivity index (χ2n) is 3.62. The van der Waals surface area contributed by atoms with Crippen molar-refractivity contribution in [2.24, 2.45) is 0 Å². The molecule has 0 aliphatic carbocycles. The third-order valence-electron chi connectivity index (χ3n) is 2.30. The van der Waals surface area contributed by atoms with Gasteiger partial charge in [-0.2, -0.15) is 4.37 Å². The zero-order valence-electron chi connectivity index (χ0n) is 9.79. The maximum absolute atomic E-state index is 10.8. The highest BCUT2D eigenvalue weighted by molar-refractivity contribution is 8.00. The summed E-state index contributed by atoms with van der Waals surface area (Å²) in [6, 6.07) is 6.96. The van der Waals surface area contributed by atoms with E-state index in [0.717, 1.165) is 22.1 Å². The van der Waals surface area contributed by atoms with Crippen LogP contribution < -0.4 is 0 Å². The van der Waals surface area contributed by atoms with Gasteiger partial charge in [-0.05, 0) is 29.2 Å². The highest BCUT2D eigenvalue weighted by Crippen LogP contribution is 2.24. The summed E-state index contributed by atoms with van der Waals surface area (Å²) in [4.78, 5) is 15.2. The van der Waals surface area contributed by atoms with Gasteiger partial charge in [0.15, 0.2) is 4.34 Å². The van der Waals surface area contributed by atoms with Gasteiger partial charge in [0.1, 0.15) is 5.82 Å². The van der Waals surface area contributed by atoms with Crippen LogP contribution in [0.2, 0.25) is 0 Å². The minimum atomic E-state index is -0.897. The van der Waals surface area contributed by atoms with E-state index in [4.69, 9.17) is 5.11 Å². The second kappa shape index (κ2) is 5.97. The Labute approximate surface area is 113 Å². The van der Waals surface area contributed by atoms with E-state index in [1.165, 1.54) is 11.5 Å². The third-order valence-corrected chi connectivity index (χ3v) is 4.24. The van der Waals surface area contributed by atoms with Crippen LogP contribution in [0.15, 0.2) is 28.6 Å². The first-order valence-corrected chi connectivity index (χ1v) is 7.22. The van der Waals surface area contributed by atoms with Gasteiger partial charge >= 0.3 is 5.97 Å². The number of benzene rings is 1. The number of carboxylic acids is 1. The van der Waals surface area contributed by atoms with Crippen molar-refractivity contribution in [2.75, 3.05) is 0 Å². The first kappa shape index (κ1) is 13.0. The molecule has 0 radical (unpaired) electrons. The lowest BCUT2D eigenvalue weighted by atomic mass is 10.1. The molecule has 0 amide bonds. The number of carbonyl (C=O) groups is 1. The van der Waals surface area contributed by atoms with Crippen molar-refractivity contribution < 1.29 is 9.90 Å². The molecular weight excluding hydrogens is 268 g/mol. The molecule has 1 N–H and O–H groups in total. The highest BCUT2D eigenvalue weighted by atomic mass is 32.2. The molecule has 2 aromatic rings. The van der Waals surface area contributed by atoms with E-state index in [9.17, 15) is 4.79 Å². The van der Waals surface area contributed by atoms with Crippen molar-refractivity contribution in [3.8, 4) is 0 Å². The molecule has 1 heterocycles. The van der Waals surface area contributed by atoms with Crippen LogP contribution in [-0.2, 0) is 12.2 Å². The molecule has 2 rings (SSSR count). The van der Waals surface area contributed by atoms with E-state index in [1.807, 2.05) is 13.0 Å². The molecule has 4 nitrogen and oxygen atoms in total. The average Bonchev–Trinajstić information content (AvgIpc) is 2.84. The Hall–Kier alpha value is -1.40. The first-order chi connectivity index (χ1) is 8.69. The molecule has 0 aliphatic rings. The van der Waals surface area contributed by atoms with E-state index in [0.29, 0.717) is 11.3 Å². The number of nitrogens with zero attached hydrogens (tertiary/aromatic N) is 2. The molecule has 1 aromatic heterocycles. The molecule has 0 saturated carbocycles. The molecule has 0 unspecified atom stereocenters. The lowest BCUT2D eigenvalue weighted by Gasteiger charge is -2.00. The first-order valence-electron chi connectivity index (χ1n) is 5.46. The molecule has 0 bridgehead atoms. The van der Waals surface area contributed by atoms with Gasteiger partial charge < -0.3 is 5.11 Å². The minimum Gasteiger partial charge on any atom is -0.478 e. The summed E-state index contributed by atoms with van der Waals surface area (Å²) in [5.41, 5.74) is 1.30. The fourth-order valence-electron chi connectivity index (χ4n) is 1.38. The average molecular weight is 280 g/mol. The van der Waals surface area contributed by atoms with Crippen LogP contribution in [0, 0.1) is 0 Å². The fraction of sp³-hybridized carbons (Fsp3) is 0.250. The Kier molecular flexibility index (Phi) is 4.33. The molecule has 94 valence electrons. The Morgan fingerprint density at radius 3 is 3.00 bits per heavy atom. The van der Waals surface area contributed by atoms with Crippen molar-refractivity contribution in [2.45, 2.75) is 23.4 Å². The predicted octanol–water partition coefficient (Wildman–Crippen LogP) is 3.09. The summed E-state index contributed by atoms with van der Waals surface area (Å²) in [5.74, 6) is 0.673. The van der Waals surface area contributed by atoms with Gasteiger partial charge in [-0.1, -0.05) is 30.8 Å². The lowest BCUT2D eigenvalue weighted by Crippen LogP contribution is -1.96. The number of thioether (sulfide) groups is 1. The maximum Gasteiger partial charge on any atom is 0.335 e. The summed E-state index contributed by atoms with van der Waals surface area (Å²) >= 11 is 2.97. The van der Waals surface area contributed by atoms with E-state index in [2.05, 4.69) is 9.36 Å². The Balaban J connectivity index is 2.01. The van der Waals surface area contributed by atoms with E-state index in [-0.39, 0.29) is 0 Å². The molecule has 0 spiro atoms. The number of carboxylic acid groups (broad SMARTS) is 1. The zero-order valence-corrected chi connectivity index (χ0v) is 11.4. The number of rotatable bonds is 5. The number of aromatic nitrogens is 2. The Bertz CT molecular complexity index is 555. The largest absolute Gasteiger partial charge is 0.478 e. The third kappa shape index (κ3) is 3.30. The van der Waals surface area contributed by atoms with Gasteiger partial charge in [0, 0.05) is 12.2 Å². The normalized spacial score (nSPS) is 10.5. The number of aromatic carboxylic acids is 1. The number of hydrogen-bond donors (Lipinski definition) is 1. The van der Waals surface area contributed by atoms with E-state index < -0.39 is 5.97 Å². The Morgan fingerprint density at radius 1 is 1.50 bits per heavy atom. The smallest absolute Gasteiger partial charge is 0.335 e. The molecule has 0 atom stereocenters. The van der Waals surface area contributed by atoms with Crippen LogP contribution in [0.3, 0.4) is 0 Å². The van der Waals surface area contributed by atoms with E-state index >= 15 is 0 Å². The predicted molar refractivity (Wildman–Crippen MR) is 72.2 cm³/mol. The van der Waals surface area contributed by atoms with Crippen molar-refractivity contribution >= 4 is 29.3 Å². The van der Waals surface area contributed by atoms with Gasteiger partial charge in [0.25, 0.3) is 0 Å². The zero-order chi connectivity index (χ0) is 13.0. The molecule has 0 aliphatic heterocycles. The van der Waals surface area contributed by atoms with Crippen LogP contribution in [-0.4, -0.2) is 20.4 Å². The molecule has 0 saturated heterocycles. The van der Waals surface area contributed by atoms with Crippen molar-refractivity contribution in [1.29, 1.82) is 0 Å². The quantitative estimate of drug-likeness (QED) is 0.853. The number of hydrogen-bond acceptors (Lipinski definition) is 5. The topological polar surface area (TPSA) is 63.1 Å². The summed E-state index contributed by atoms with van der Waals surface area (Å²) in [6.45, 7) is 2.02. The van der Waals surface area contributed by atoms with Gasteiger partial charge in [0.2, 0.25) is 0 Å². The van der Waals surface area contributed by atoms with Crippen molar-refractivity contribution in [3.63, 3.8) is 0 Å². The van der Waals surface area contributed by atoms with Crippen molar-refractivity contribution in [1.82, 2.24) is 9.36 Å². The number of aryl methyl sites for hydroxylation is 1. The highest BCUT2D eigenvalue weighted by Gasteiger charge is 2.06. The van der Waals surface area contributed by atoms with Gasteiger partial charge in [-0.25, -0.2) is 9.78 Å². The summed E-state index contributed by atoms with van der Waals surface area (Å²) in [7, 11) is 0. The van der Waals surface area contributed by atoms with Crippen LogP contribution in [0.25, 0.3) is 0 Å². The SMILES string of the molecule is CCc1nsc(SCc2cccc(C(=O)O)c2)n1. The second-order valence-corrected chi connectivity index (χ2v) is 5.60. The van der Waals surface area contributed by atoms with Crippen LogP contribution in [0.5, 0.6) is 0 Å². The maximum atomic E-state index is 10.8. The summed E-state index contributed by atoms with van der Waals surface area (Å²) in [5, 5.41) is 8.90. The fourth-order valence-corrected chi connectivity index (χ4v) is 3.02. The van der Waals surface area contributed by atoms with Gasteiger partial charge in [0.05, 0.1) is 5.56 Å². The summed E-state index contributed by atoms with van der Waals surface area (Å²) in [6.07, 6.45) is 0.839. The van der Waals surface area contributed by atoms with Crippen LogP contribution in [0.4, 0.5) is 0 Å². The molecular formula is C12H12N2O2S2. The molecule has 18 heavy (non-hydrogen) atoms. The van der Waals surface area contributed by atoms with Crippen molar-refractivity contribution in [3.05, 3.63) is 41.2 Å².